The van der Waals surface area contributed by atoms with Crippen LogP contribution in [0.15, 0.2) is 29.2 Å². The highest BCUT2D eigenvalue weighted by Crippen LogP contribution is 2.24. The molecular weight excluding hydrogens is 394 g/mol. The van der Waals surface area contributed by atoms with Crippen LogP contribution in [0.5, 0.6) is 0 Å². The fraction of sp³-hybridized carbons (Fsp3) is 0.400. The van der Waals surface area contributed by atoms with E-state index in [9.17, 15) is 18.0 Å². The molecule has 0 radical (unpaired) electrons. The second-order valence-corrected chi connectivity index (χ2v) is 8.88. The lowest BCUT2D eigenvalue weighted by molar-refractivity contribution is 0.0525. The fourth-order valence-electron chi connectivity index (χ4n) is 3.49. The largest absolute Gasteiger partial charge is 0.462 e. The molecule has 0 atom stereocenters. The van der Waals surface area contributed by atoms with Gasteiger partial charge in [0.05, 0.1) is 17.1 Å². The van der Waals surface area contributed by atoms with E-state index in [-0.39, 0.29) is 17.2 Å². The van der Waals surface area contributed by atoms with Gasteiger partial charge in [-0.25, -0.2) is 13.2 Å². The van der Waals surface area contributed by atoms with E-state index in [1.807, 2.05) is 0 Å². The molecule has 9 heteroatoms. The number of ether oxygens (including phenoxy) is 1. The summed E-state index contributed by atoms with van der Waals surface area (Å²) in [6, 6.07) is 6.18. The van der Waals surface area contributed by atoms with Crippen LogP contribution in [0.25, 0.3) is 0 Å². The van der Waals surface area contributed by atoms with Gasteiger partial charge in [-0.15, -0.1) is 0 Å². The molecule has 0 unspecified atom stereocenters. The third kappa shape index (κ3) is 4.20. The van der Waals surface area contributed by atoms with Crippen LogP contribution in [0.2, 0.25) is 0 Å². The molecule has 2 aromatic rings. The standard InChI is InChI=1S/C20H25N3O5S/c1-4-28-20(25)17-13(2)18(21-14(17)3)19(24)22-15-8-7-9-16(12-15)29(26,27)23-10-5-6-11-23/h7-9,12,21H,4-6,10-11H2,1-3H3,(H,22,24). The van der Waals surface area contributed by atoms with Gasteiger partial charge in [0, 0.05) is 24.5 Å². The number of anilines is 1. The number of aryl methyl sites for hydroxylation is 1. The Hall–Kier alpha value is -2.65. The summed E-state index contributed by atoms with van der Waals surface area (Å²) >= 11 is 0. The van der Waals surface area contributed by atoms with E-state index in [1.165, 1.54) is 16.4 Å². The summed E-state index contributed by atoms with van der Waals surface area (Å²) in [5.41, 5.74) is 1.95. The van der Waals surface area contributed by atoms with Crippen molar-refractivity contribution in [3.63, 3.8) is 0 Å². The molecule has 29 heavy (non-hydrogen) atoms. The van der Waals surface area contributed by atoms with Crippen molar-refractivity contribution >= 4 is 27.6 Å². The maximum atomic E-state index is 12.7. The van der Waals surface area contributed by atoms with E-state index in [2.05, 4.69) is 10.3 Å². The Morgan fingerprint density at radius 2 is 1.90 bits per heavy atom. The highest BCUT2D eigenvalue weighted by atomic mass is 32.2. The lowest BCUT2D eigenvalue weighted by atomic mass is 10.1. The lowest BCUT2D eigenvalue weighted by Crippen LogP contribution is -2.28. The Balaban J connectivity index is 1.83. The number of H-pyrrole nitrogens is 1. The number of aromatic nitrogens is 1. The Morgan fingerprint density at radius 1 is 1.21 bits per heavy atom. The average Bonchev–Trinajstić information content (AvgIpc) is 3.31. The molecule has 0 spiro atoms. The normalized spacial score (nSPS) is 14.7. The molecule has 1 saturated heterocycles. The van der Waals surface area contributed by atoms with Crippen LogP contribution in [0, 0.1) is 13.8 Å². The summed E-state index contributed by atoms with van der Waals surface area (Å²) in [4.78, 5) is 27.9. The molecule has 1 aliphatic rings. The first-order valence-corrected chi connectivity index (χ1v) is 11.0. The molecule has 3 rings (SSSR count). The van der Waals surface area contributed by atoms with E-state index >= 15 is 0 Å². The Bertz CT molecular complexity index is 1040. The molecule has 1 aromatic carbocycles. The zero-order valence-electron chi connectivity index (χ0n) is 16.7. The van der Waals surface area contributed by atoms with Crippen molar-refractivity contribution in [2.24, 2.45) is 0 Å². The van der Waals surface area contributed by atoms with Gasteiger partial charge in [0.2, 0.25) is 10.0 Å². The topological polar surface area (TPSA) is 109 Å². The molecule has 0 bridgehead atoms. The first-order chi connectivity index (χ1) is 13.8. The Labute approximate surface area is 170 Å². The van der Waals surface area contributed by atoms with Gasteiger partial charge in [-0.2, -0.15) is 4.31 Å². The van der Waals surface area contributed by atoms with Crippen LogP contribution < -0.4 is 5.32 Å². The molecule has 1 fully saturated rings. The monoisotopic (exact) mass is 419 g/mol. The van der Waals surface area contributed by atoms with E-state index in [1.54, 1.807) is 32.9 Å². The van der Waals surface area contributed by atoms with Crippen LogP contribution in [-0.4, -0.2) is 49.3 Å². The molecule has 1 aromatic heterocycles. The second-order valence-electron chi connectivity index (χ2n) is 6.94. The maximum Gasteiger partial charge on any atom is 0.340 e. The highest BCUT2D eigenvalue weighted by molar-refractivity contribution is 7.89. The van der Waals surface area contributed by atoms with Crippen molar-refractivity contribution in [1.29, 1.82) is 0 Å². The van der Waals surface area contributed by atoms with Crippen molar-refractivity contribution in [3.05, 3.63) is 46.8 Å². The Kier molecular flexibility index (Phi) is 6.09. The Morgan fingerprint density at radius 3 is 2.55 bits per heavy atom. The minimum atomic E-state index is -3.58. The first kappa shape index (κ1) is 21.1. The van der Waals surface area contributed by atoms with E-state index in [4.69, 9.17) is 4.74 Å². The SMILES string of the molecule is CCOC(=O)c1c(C)[nH]c(C(=O)Nc2cccc(S(=O)(=O)N3CCCC3)c2)c1C. The van der Waals surface area contributed by atoms with Gasteiger partial charge in [0.25, 0.3) is 5.91 Å². The van der Waals surface area contributed by atoms with Crippen molar-refractivity contribution in [2.45, 2.75) is 38.5 Å². The number of hydrogen-bond acceptors (Lipinski definition) is 5. The van der Waals surface area contributed by atoms with Gasteiger partial charge >= 0.3 is 5.97 Å². The molecule has 2 N–H and O–H groups in total. The number of carbonyl (C=O) groups excluding carboxylic acids is 2. The van der Waals surface area contributed by atoms with Gasteiger partial charge < -0.3 is 15.0 Å². The van der Waals surface area contributed by atoms with E-state index in [0.29, 0.717) is 35.6 Å². The molecule has 1 aliphatic heterocycles. The zero-order valence-corrected chi connectivity index (χ0v) is 17.6. The second kappa shape index (κ2) is 8.38. The number of rotatable bonds is 6. The average molecular weight is 420 g/mol. The van der Waals surface area contributed by atoms with Crippen LogP contribution in [0.4, 0.5) is 5.69 Å². The summed E-state index contributed by atoms with van der Waals surface area (Å²) < 4.78 is 32.0. The minimum Gasteiger partial charge on any atom is -0.462 e. The summed E-state index contributed by atoms with van der Waals surface area (Å²) in [5.74, 6) is -0.951. The summed E-state index contributed by atoms with van der Waals surface area (Å²) in [6.07, 6.45) is 1.70. The predicted octanol–water partition coefficient (Wildman–Crippen LogP) is 2.85. The number of sulfonamides is 1. The number of carbonyl (C=O) groups is 2. The maximum absolute atomic E-state index is 12.7. The van der Waals surface area contributed by atoms with Crippen molar-refractivity contribution in [2.75, 3.05) is 25.0 Å². The minimum absolute atomic E-state index is 0.142. The number of esters is 1. The van der Waals surface area contributed by atoms with Crippen LogP contribution in [-0.2, 0) is 14.8 Å². The highest BCUT2D eigenvalue weighted by Gasteiger charge is 2.28. The summed E-state index contributed by atoms with van der Waals surface area (Å²) in [6.45, 7) is 6.33. The third-order valence-corrected chi connectivity index (χ3v) is 6.83. The number of hydrogen-bond donors (Lipinski definition) is 2. The summed E-state index contributed by atoms with van der Waals surface area (Å²) in [5, 5.41) is 2.71. The van der Waals surface area contributed by atoms with Gasteiger partial charge in [-0.3, -0.25) is 4.79 Å². The van der Waals surface area contributed by atoms with Crippen molar-refractivity contribution in [1.82, 2.24) is 9.29 Å². The van der Waals surface area contributed by atoms with Gasteiger partial charge in [0.1, 0.15) is 5.69 Å². The number of amides is 1. The molecule has 2 heterocycles. The van der Waals surface area contributed by atoms with Crippen molar-refractivity contribution < 1.29 is 22.7 Å². The molecule has 0 aliphatic carbocycles. The smallest absolute Gasteiger partial charge is 0.340 e. The van der Waals surface area contributed by atoms with E-state index in [0.717, 1.165) is 12.8 Å². The van der Waals surface area contributed by atoms with Crippen LogP contribution in [0.1, 0.15) is 51.9 Å². The predicted molar refractivity (Wildman–Crippen MR) is 109 cm³/mol. The molecule has 1 amide bonds. The van der Waals surface area contributed by atoms with Gasteiger partial charge in [-0.1, -0.05) is 6.07 Å². The van der Waals surface area contributed by atoms with Crippen LogP contribution in [0.3, 0.4) is 0 Å². The zero-order chi connectivity index (χ0) is 21.2. The van der Waals surface area contributed by atoms with Crippen molar-refractivity contribution in [3.8, 4) is 0 Å². The molecule has 0 saturated carbocycles. The van der Waals surface area contributed by atoms with Gasteiger partial charge in [0.15, 0.2) is 0 Å². The number of aromatic amines is 1. The number of benzene rings is 1. The fourth-order valence-corrected chi connectivity index (χ4v) is 5.06. The van der Waals surface area contributed by atoms with E-state index < -0.39 is 21.9 Å². The van der Waals surface area contributed by atoms with Crippen LogP contribution >= 0.6 is 0 Å². The lowest BCUT2D eigenvalue weighted by Gasteiger charge is -2.16. The summed E-state index contributed by atoms with van der Waals surface area (Å²) in [7, 11) is -3.58. The molecular formula is C20H25N3O5S. The first-order valence-electron chi connectivity index (χ1n) is 9.53. The number of nitrogens with one attached hydrogen (secondary N) is 2. The third-order valence-electron chi connectivity index (χ3n) is 4.94. The quantitative estimate of drug-likeness (QED) is 0.700. The number of nitrogens with zero attached hydrogens (tertiary/aromatic N) is 1. The molecule has 156 valence electrons. The van der Waals surface area contributed by atoms with Gasteiger partial charge in [-0.05, 0) is 57.4 Å². The molecule has 8 nitrogen and oxygen atoms in total.